The molecular formula is C10H12O3. The molecule has 1 aliphatic rings. The number of aliphatic hydroxyl groups is 1. The third-order valence-electron chi connectivity index (χ3n) is 1.99. The molecule has 0 aromatic heterocycles. The number of aliphatic carboxylic acids is 1. The molecule has 13 heavy (non-hydrogen) atoms. The summed E-state index contributed by atoms with van der Waals surface area (Å²) in [6.07, 6.45) is 4.66. The number of carboxylic acid groups (broad SMARTS) is 1. The van der Waals surface area contributed by atoms with Crippen molar-refractivity contribution in [1.29, 1.82) is 0 Å². The highest BCUT2D eigenvalue weighted by Crippen LogP contribution is 2.21. The first kappa shape index (κ1) is 9.82. The molecule has 0 saturated carbocycles. The SMILES string of the molecule is O=C(O)C#CCC(O)C1=CCCC1. The Balaban J connectivity index is 2.38. The molecule has 0 aromatic rings. The zero-order chi connectivity index (χ0) is 9.68. The number of hydrogen-bond acceptors (Lipinski definition) is 2. The van der Waals surface area contributed by atoms with Crippen molar-refractivity contribution in [3.63, 3.8) is 0 Å². The summed E-state index contributed by atoms with van der Waals surface area (Å²) in [6, 6.07) is 0. The molecule has 2 N–H and O–H groups in total. The summed E-state index contributed by atoms with van der Waals surface area (Å²) in [5, 5.41) is 17.7. The van der Waals surface area contributed by atoms with Crippen molar-refractivity contribution in [2.45, 2.75) is 31.8 Å². The molecule has 1 atom stereocenters. The molecule has 0 radical (unpaired) electrons. The van der Waals surface area contributed by atoms with E-state index in [2.05, 4.69) is 5.92 Å². The topological polar surface area (TPSA) is 57.5 Å². The third-order valence-corrected chi connectivity index (χ3v) is 1.99. The van der Waals surface area contributed by atoms with Gasteiger partial charge in [0.1, 0.15) is 0 Å². The first-order chi connectivity index (χ1) is 6.20. The molecule has 0 bridgehead atoms. The average Bonchev–Trinajstić information content (AvgIpc) is 2.55. The van der Waals surface area contributed by atoms with Crippen molar-refractivity contribution >= 4 is 5.97 Å². The van der Waals surface area contributed by atoms with Crippen molar-refractivity contribution < 1.29 is 15.0 Å². The van der Waals surface area contributed by atoms with Crippen LogP contribution in [0.3, 0.4) is 0 Å². The normalized spacial score (nSPS) is 17.2. The molecule has 70 valence electrons. The molecule has 0 aromatic carbocycles. The molecule has 0 spiro atoms. The lowest BCUT2D eigenvalue weighted by Gasteiger charge is -2.06. The van der Waals surface area contributed by atoms with Crippen LogP contribution in [0.1, 0.15) is 25.7 Å². The number of rotatable bonds is 2. The molecule has 0 aliphatic heterocycles. The van der Waals surface area contributed by atoms with Crippen LogP contribution in [0.4, 0.5) is 0 Å². The average molecular weight is 180 g/mol. The summed E-state index contributed by atoms with van der Waals surface area (Å²) in [7, 11) is 0. The van der Waals surface area contributed by atoms with E-state index in [1.54, 1.807) is 0 Å². The lowest BCUT2D eigenvalue weighted by molar-refractivity contribution is -0.130. The number of hydrogen-bond donors (Lipinski definition) is 2. The van der Waals surface area contributed by atoms with Gasteiger partial charge >= 0.3 is 5.97 Å². The maximum atomic E-state index is 10.0. The molecule has 0 amide bonds. The van der Waals surface area contributed by atoms with E-state index in [1.165, 1.54) is 0 Å². The summed E-state index contributed by atoms with van der Waals surface area (Å²) in [5.74, 6) is 3.25. The van der Waals surface area contributed by atoms with Crippen molar-refractivity contribution in [2.24, 2.45) is 0 Å². The van der Waals surface area contributed by atoms with E-state index in [9.17, 15) is 9.90 Å². The lowest BCUT2D eigenvalue weighted by Crippen LogP contribution is -2.07. The zero-order valence-corrected chi connectivity index (χ0v) is 7.29. The molecule has 0 fully saturated rings. The maximum absolute atomic E-state index is 10.0. The summed E-state index contributed by atoms with van der Waals surface area (Å²) in [4.78, 5) is 10.0. The van der Waals surface area contributed by atoms with Crippen LogP contribution in [-0.4, -0.2) is 22.3 Å². The molecular weight excluding hydrogens is 168 g/mol. The van der Waals surface area contributed by atoms with Crippen LogP contribution in [0, 0.1) is 11.8 Å². The second-order valence-electron chi connectivity index (χ2n) is 3.00. The van der Waals surface area contributed by atoms with Crippen LogP contribution >= 0.6 is 0 Å². The highest BCUT2D eigenvalue weighted by molar-refractivity contribution is 5.86. The maximum Gasteiger partial charge on any atom is 0.381 e. The molecule has 1 unspecified atom stereocenters. The summed E-state index contributed by atoms with van der Waals surface area (Å²) in [6.45, 7) is 0. The van der Waals surface area contributed by atoms with Crippen LogP contribution in [0.15, 0.2) is 11.6 Å². The van der Waals surface area contributed by atoms with Gasteiger partial charge in [0.25, 0.3) is 0 Å². The van der Waals surface area contributed by atoms with Gasteiger partial charge in [-0.3, -0.25) is 0 Å². The quantitative estimate of drug-likeness (QED) is 0.491. The van der Waals surface area contributed by atoms with Crippen LogP contribution in [-0.2, 0) is 4.79 Å². The zero-order valence-electron chi connectivity index (χ0n) is 7.29. The lowest BCUT2D eigenvalue weighted by atomic mass is 10.1. The van der Waals surface area contributed by atoms with E-state index in [1.807, 2.05) is 12.0 Å². The molecule has 0 heterocycles. The van der Waals surface area contributed by atoms with Gasteiger partial charge in [-0.1, -0.05) is 12.0 Å². The Morgan fingerprint density at radius 3 is 3.00 bits per heavy atom. The Morgan fingerprint density at radius 1 is 1.69 bits per heavy atom. The van der Waals surface area contributed by atoms with Crippen molar-refractivity contribution in [3.8, 4) is 11.8 Å². The van der Waals surface area contributed by atoms with E-state index < -0.39 is 12.1 Å². The Labute approximate surface area is 77.1 Å². The highest BCUT2D eigenvalue weighted by Gasteiger charge is 2.12. The van der Waals surface area contributed by atoms with E-state index in [4.69, 9.17) is 5.11 Å². The van der Waals surface area contributed by atoms with Crippen LogP contribution in [0.2, 0.25) is 0 Å². The van der Waals surface area contributed by atoms with Crippen molar-refractivity contribution in [3.05, 3.63) is 11.6 Å². The van der Waals surface area contributed by atoms with Crippen LogP contribution < -0.4 is 0 Å². The summed E-state index contributed by atoms with van der Waals surface area (Å²) in [5.41, 5.74) is 1.000. The largest absolute Gasteiger partial charge is 0.472 e. The fraction of sp³-hybridized carbons (Fsp3) is 0.500. The second-order valence-corrected chi connectivity index (χ2v) is 3.00. The highest BCUT2D eigenvalue weighted by atomic mass is 16.4. The Bertz CT molecular complexity index is 280. The van der Waals surface area contributed by atoms with E-state index in [0.29, 0.717) is 0 Å². The van der Waals surface area contributed by atoms with Gasteiger partial charge in [0, 0.05) is 12.3 Å². The molecule has 3 nitrogen and oxygen atoms in total. The van der Waals surface area contributed by atoms with Gasteiger partial charge in [-0.2, -0.15) is 0 Å². The molecule has 0 saturated heterocycles. The number of allylic oxidation sites excluding steroid dienone is 1. The standard InChI is InChI=1S/C10H12O3/c11-9(6-3-7-10(12)13)8-4-1-2-5-8/h4,9,11H,1-2,5-6H2,(H,12,13). The third kappa shape index (κ3) is 3.30. The number of carboxylic acids is 1. The monoisotopic (exact) mass is 180 g/mol. The van der Waals surface area contributed by atoms with Gasteiger partial charge in [0.2, 0.25) is 0 Å². The molecule has 1 rings (SSSR count). The first-order valence-electron chi connectivity index (χ1n) is 4.29. The van der Waals surface area contributed by atoms with Crippen molar-refractivity contribution in [2.75, 3.05) is 0 Å². The molecule has 1 aliphatic carbocycles. The first-order valence-corrected chi connectivity index (χ1v) is 4.29. The van der Waals surface area contributed by atoms with E-state index in [-0.39, 0.29) is 6.42 Å². The van der Waals surface area contributed by atoms with Crippen LogP contribution in [0.5, 0.6) is 0 Å². The van der Waals surface area contributed by atoms with Gasteiger partial charge in [0.05, 0.1) is 6.10 Å². The fourth-order valence-electron chi connectivity index (χ4n) is 1.35. The van der Waals surface area contributed by atoms with Gasteiger partial charge in [-0.15, -0.1) is 0 Å². The van der Waals surface area contributed by atoms with Crippen molar-refractivity contribution in [1.82, 2.24) is 0 Å². The van der Waals surface area contributed by atoms with Gasteiger partial charge in [-0.25, -0.2) is 4.79 Å². The second kappa shape index (κ2) is 4.68. The Kier molecular flexibility index (Phi) is 3.53. The van der Waals surface area contributed by atoms with E-state index in [0.717, 1.165) is 24.8 Å². The van der Waals surface area contributed by atoms with Gasteiger partial charge in [0.15, 0.2) is 0 Å². The minimum absolute atomic E-state index is 0.220. The number of aliphatic hydroxyl groups excluding tert-OH is 1. The minimum atomic E-state index is -1.15. The van der Waals surface area contributed by atoms with E-state index >= 15 is 0 Å². The molecule has 3 heteroatoms. The number of carbonyl (C=O) groups is 1. The Morgan fingerprint density at radius 2 is 2.46 bits per heavy atom. The predicted octanol–water partition coefficient (Wildman–Crippen LogP) is 0.936. The summed E-state index contributed by atoms with van der Waals surface area (Å²) < 4.78 is 0. The fourth-order valence-corrected chi connectivity index (χ4v) is 1.35. The minimum Gasteiger partial charge on any atom is -0.472 e. The Hall–Kier alpha value is -1.27. The summed E-state index contributed by atoms with van der Waals surface area (Å²) >= 11 is 0. The van der Waals surface area contributed by atoms with Gasteiger partial charge in [-0.05, 0) is 24.8 Å². The smallest absolute Gasteiger partial charge is 0.381 e. The van der Waals surface area contributed by atoms with Gasteiger partial charge < -0.3 is 10.2 Å². The van der Waals surface area contributed by atoms with Crippen LogP contribution in [0.25, 0.3) is 0 Å². The predicted molar refractivity (Wildman–Crippen MR) is 48.0 cm³/mol.